The van der Waals surface area contributed by atoms with Crippen LogP contribution in [0.2, 0.25) is 0 Å². The molecule has 0 radical (unpaired) electrons. The van der Waals surface area contributed by atoms with Crippen LogP contribution in [0.5, 0.6) is 5.75 Å². The molecule has 0 saturated carbocycles. The van der Waals surface area contributed by atoms with Gasteiger partial charge >= 0.3 is 5.97 Å². The molecule has 27 heavy (non-hydrogen) atoms. The number of ether oxygens (including phenoxy) is 1. The molecular weight excluding hydrogens is 344 g/mol. The first-order valence-corrected chi connectivity index (χ1v) is 8.61. The fraction of sp³-hybridized carbons (Fsp3) is 0.250. The van der Waals surface area contributed by atoms with E-state index < -0.39 is 5.97 Å². The second kappa shape index (κ2) is 7.49. The van der Waals surface area contributed by atoms with Crippen molar-refractivity contribution in [2.45, 2.75) is 26.7 Å². The van der Waals surface area contributed by atoms with Crippen molar-refractivity contribution in [1.82, 2.24) is 14.8 Å². The molecule has 7 heteroatoms. The fourth-order valence-corrected chi connectivity index (χ4v) is 2.81. The van der Waals surface area contributed by atoms with Crippen LogP contribution in [0.3, 0.4) is 0 Å². The Morgan fingerprint density at radius 1 is 1.26 bits per heavy atom. The molecule has 0 aliphatic carbocycles. The van der Waals surface area contributed by atoms with Crippen molar-refractivity contribution in [2.24, 2.45) is 0 Å². The van der Waals surface area contributed by atoms with Crippen molar-refractivity contribution in [3.8, 4) is 11.4 Å². The van der Waals surface area contributed by atoms with Gasteiger partial charge < -0.3 is 15.2 Å². The number of pyridine rings is 1. The number of aromatic nitrogens is 3. The summed E-state index contributed by atoms with van der Waals surface area (Å²) in [5, 5.41) is 17.3. The number of benzene rings is 1. The molecule has 3 aromatic rings. The molecule has 0 aliphatic heterocycles. The number of carboxylic acids is 1. The molecule has 7 nitrogen and oxygen atoms in total. The zero-order valence-electron chi connectivity index (χ0n) is 15.7. The van der Waals surface area contributed by atoms with Crippen LogP contribution in [-0.4, -0.2) is 33.0 Å². The van der Waals surface area contributed by atoms with Crippen LogP contribution in [0.25, 0.3) is 5.69 Å². The van der Waals surface area contributed by atoms with Gasteiger partial charge in [0.2, 0.25) is 0 Å². The maximum atomic E-state index is 11.5. The number of para-hydroxylation sites is 1. The fourth-order valence-electron chi connectivity index (χ4n) is 2.81. The Morgan fingerprint density at radius 2 is 2.04 bits per heavy atom. The molecule has 0 amide bonds. The van der Waals surface area contributed by atoms with E-state index in [-0.39, 0.29) is 17.3 Å². The first-order valence-electron chi connectivity index (χ1n) is 8.61. The summed E-state index contributed by atoms with van der Waals surface area (Å²) in [5.74, 6) is 0.705. The van der Waals surface area contributed by atoms with Gasteiger partial charge in [-0.1, -0.05) is 26.0 Å². The summed E-state index contributed by atoms with van der Waals surface area (Å²) >= 11 is 0. The molecule has 0 bridgehead atoms. The summed E-state index contributed by atoms with van der Waals surface area (Å²) in [5.41, 5.74) is 2.74. The molecule has 2 heterocycles. The zero-order valence-corrected chi connectivity index (χ0v) is 15.7. The minimum absolute atomic E-state index is 0.0908. The van der Waals surface area contributed by atoms with Gasteiger partial charge in [0.15, 0.2) is 0 Å². The highest BCUT2D eigenvalue weighted by atomic mass is 16.5. The first kappa shape index (κ1) is 18.4. The number of anilines is 2. The third-order valence-corrected chi connectivity index (χ3v) is 4.24. The molecule has 0 unspecified atom stereocenters. The lowest BCUT2D eigenvalue weighted by atomic mass is 10.1. The number of aryl methyl sites for hydroxylation is 1. The van der Waals surface area contributed by atoms with E-state index in [1.54, 1.807) is 24.1 Å². The number of carboxylic acid groups (broad SMARTS) is 1. The molecule has 0 fully saturated rings. The number of hydrogen-bond acceptors (Lipinski definition) is 5. The van der Waals surface area contributed by atoms with Crippen LogP contribution >= 0.6 is 0 Å². The van der Waals surface area contributed by atoms with Crippen molar-refractivity contribution in [3.63, 3.8) is 0 Å². The Kier molecular flexibility index (Phi) is 5.12. The molecule has 1 aromatic carbocycles. The average molecular weight is 366 g/mol. The Bertz CT molecular complexity index is 979. The first-order chi connectivity index (χ1) is 12.9. The van der Waals surface area contributed by atoms with Gasteiger partial charge in [-0.3, -0.25) is 0 Å². The second-order valence-electron chi connectivity index (χ2n) is 6.48. The van der Waals surface area contributed by atoms with E-state index in [2.05, 4.69) is 24.1 Å². The zero-order chi connectivity index (χ0) is 19.6. The Morgan fingerprint density at radius 3 is 2.70 bits per heavy atom. The van der Waals surface area contributed by atoms with E-state index in [1.165, 1.54) is 6.07 Å². The number of aromatic carboxylic acids is 1. The number of nitrogens with zero attached hydrogens (tertiary/aromatic N) is 3. The number of methoxy groups -OCH3 is 1. The molecule has 2 N–H and O–H groups in total. The van der Waals surface area contributed by atoms with Gasteiger partial charge in [0.1, 0.15) is 28.6 Å². The van der Waals surface area contributed by atoms with E-state index >= 15 is 0 Å². The molecule has 0 atom stereocenters. The largest absolute Gasteiger partial charge is 0.494 e. The quantitative estimate of drug-likeness (QED) is 0.681. The highest BCUT2D eigenvalue weighted by Gasteiger charge is 2.19. The Labute approximate surface area is 157 Å². The highest BCUT2D eigenvalue weighted by Crippen LogP contribution is 2.32. The van der Waals surface area contributed by atoms with E-state index in [9.17, 15) is 9.90 Å². The number of nitrogens with one attached hydrogen (secondary N) is 1. The van der Waals surface area contributed by atoms with E-state index in [0.717, 1.165) is 16.9 Å². The highest BCUT2D eigenvalue weighted by molar-refractivity contribution is 5.93. The van der Waals surface area contributed by atoms with Crippen molar-refractivity contribution < 1.29 is 14.6 Å². The smallest absolute Gasteiger partial charge is 0.339 e. The summed E-state index contributed by atoms with van der Waals surface area (Å²) in [6, 6.07) is 10.8. The standard InChI is InChI=1S/C20H22N4O3/c1-12(2)15-11-17(22-19-14(20(25)26)8-6-10-21-19)24(23-15)18-13(3)7-5-9-16(18)27-4/h5-12H,1-4H3,(H,21,22)(H,25,26). The number of hydrogen-bond donors (Lipinski definition) is 2. The summed E-state index contributed by atoms with van der Waals surface area (Å²) < 4.78 is 7.26. The van der Waals surface area contributed by atoms with Gasteiger partial charge in [-0.2, -0.15) is 5.10 Å². The maximum absolute atomic E-state index is 11.5. The predicted molar refractivity (Wildman–Crippen MR) is 103 cm³/mol. The topological polar surface area (TPSA) is 89.3 Å². The minimum Gasteiger partial charge on any atom is -0.494 e. The number of rotatable bonds is 6. The number of carbonyl (C=O) groups is 1. The van der Waals surface area contributed by atoms with Crippen LogP contribution in [0.4, 0.5) is 11.6 Å². The van der Waals surface area contributed by atoms with Crippen molar-refractivity contribution in [1.29, 1.82) is 0 Å². The Hall–Kier alpha value is -3.35. The van der Waals surface area contributed by atoms with Crippen molar-refractivity contribution in [2.75, 3.05) is 12.4 Å². The van der Waals surface area contributed by atoms with Crippen LogP contribution in [-0.2, 0) is 0 Å². The van der Waals surface area contributed by atoms with Gasteiger partial charge in [0.25, 0.3) is 0 Å². The SMILES string of the molecule is COc1cccc(C)c1-n1nc(C(C)C)cc1Nc1ncccc1C(=O)O. The molecule has 140 valence electrons. The van der Waals surface area contributed by atoms with Gasteiger partial charge in [0.05, 0.1) is 12.8 Å². The monoisotopic (exact) mass is 366 g/mol. The normalized spacial score (nSPS) is 10.9. The van der Waals surface area contributed by atoms with E-state index in [0.29, 0.717) is 11.6 Å². The molecule has 0 aliphatic rings. The lowest BCUT2D eigenvalue weighted by molar-refractivity contribution is 0.0697. The van der Waals surface area contributed by atoms with E-state index in [1.807, 2.05) is 31.2 Å². The predicted octanol–water partition coefficient (Wildman–Crippen LogP) is 4.15. The molecular formula is C20H22N4O3. The second-order valence-corrected chi connectivity index (χ2v) is 6.48. The summed E-state index contributed by atoms with van der Waals surface area (Å²) in [4.78, 5) is 15.7. The summed E-state index contributed by atoms with van der Waals surface area (Å²) in [7, 11) is 1.61. The molecule has 0 saturated heterocycles. The van der Waals surface area contributed by atoms with E-state index in [4.69, 9.17) is 9.84 Å². The van der Waals surface area contributed by atoms with Crippen LogP contribution in [0, 0.1) is 6.92 Å². The maximum Gasteiger partial charge on any atom is 0.339 e. The van der Waals surface area contributed by atoms with Crippen LogP contribution in [0.1, 0.15) is 41.4 Å². The molecule has 3 rings (SSSR count). The summed E-state index contributed by atoms with van der Waals surface area (Å²) in [6.45, 7) is 6.08. The van der Waals surface area contributed by atoms with Crippen LogP contribution < -0.4 is 10.1 Å². The van der Waals surface area contributed by atoms with Gasteiger partial charge in [-0.15, -0.1) is 0 Å². The average Bonchev–Trinajstić information content (AvgIpc) is 3.05. The summed E-state index contributed by atoms with van der Waals surface area (Å²) in [6.07, 6.45) is 1.55. The molecule has 0 spiro atoms. The third kappa shape index (κ3) is 3.62. The third-order valence-electron chi connectivity index (χ3n) is 4.24. The van der Waals surface area contributed by atoms with Crippen molar-refractivity contribution in [3.05, 3.63) is 59.4 Å². The van der Waals surface area contributed by atoms with Crippen molar-refractivity contribution >= 4 is 17.6 Å². The Balaban J connectivity index is 2.17. The lowest BCUT2D eigenvalue weighted by Crippen LogP contribution is -2.09. The van der Waals surface area contributed by atoms with Crippen LogP contribution in [0.15, 0.2) is 42.6 Å². The minimum atomic E-state index is -1.05. The van der Waals surface area contributed by atoms with Gasteiger partial charge in [0, 0.05) is 12.3 Å². The lowest BCUT2D eigenvalue weighted by Gasteiger charge is -2.15. The van der Waals surface area contributed by atoms with Gasteiger partial charge in [-0.05, 0) is 36.6 Å². The van der Waals surface area contributed by atoms with Gasteiger partial charge in [-0.25, -0.2) is 14.5 Å². The molecule has 2 aromatic heterocycles.